The van der Waals surface area contributed by atoms with Gasteiger partial charge in [-0.05, 0) is 36.3 Å². The number of hydrogen-bond acceptors (Lipinski definition) is 13. The maximum Gasteiger partial charge on any atom is 0.416 e. The summed E-state index contributed by atoms with van der Waals surface area (Å²) in [5.41, 5.74) is -0.280. The van der Waals surface area contributed by atoms with Crippen molar-refractivity contribution in [3.8, 4) is 0 Å². The summed E-state index contributed by atoms with van der Waals surface area (Å²) in [6.07, 6.45) is -1.73. The Bertz CT molecular complexity index is 1360. The summed E-state index contributed by atoms with van der Waals surface area (Å²) >= 11 is 3.59. The molecule has 40 heavy (non-hydrogen) atoms. The normalized spacial score (nSPS) is 19.6. The first-order chi connectivity index (χ1) is 18.8. The number of thioether (sulfide) groups is 2. The second-order valence-corrected chi connectivity index (χ2v) is 12.4. The Kier molecular flexibility index (Phi) is 8.72. The van der Waals surface area contributed by atoms with Crippen molar-refractivity contribution in [2.24, 2.45) is 7.05 Å². The molecule has 2 aliphatic rings. The first-order valence-corrected chi connectivity index (χ1v) is 14.9. The molecule has 0 spiro atoms. The lowest BCUT2D eigenvalue weighted by molar-refractivity contribution is -0.151. The van der Waals surface area contributed by atoms with Gasteiger partial charge in [0.1, 0.15) is 22.7 Å². The third-order valence-electron chi connectivity index (χ3n) is 6.32. The van der Waals surface area contributed by atoms with Gasteiger partial charge in [0.05, 0.1) is 5.69 Å². The Morgan fingerprint density at radius 3 is 2.73 bits per heavy atom. The number of ether oxygens (including phenoxy) is 1. The molecule has 2 aromatic heterocycles. The van der Waals surface area contributed by atoms with Crippen molar-refractivity contribution in [1.82, 2.24) is 35.4 Å². The Labute approximate surface area is 241 Å². The van der Waals surface area contributed by atoms with E-state index in [4.69, 9.17) is 4.74 Å². The van der Waals surface area contributed by atoms with Crippen LogP contribution in [0.15, 0.2) is 21.8 Å². The Morgan fingerprint density at radius 2 is 2.10 bits per heavy atom. The molecule has 4 heterocycles. The van der Waals surface area contributed by atoms with E-state index in [0.29, 0.717) is 22.9 Å². The number of aryl methyl sites for hydroxylation is 1. The highest BCUT2D eigenvalue weighted by Gasteiger charge is 2.54. The van der Waals surface area contributed by atoms with Gasteiger partial charge in [0, 0.05) is 31.0 Å². The van der Waals surface area contributed by atoms with Crippen molar-refractivity contribution in [3.05, 3.63) is 22.3 Å². The smallest absolute Gasteiger partial charge is 0.416 e. The van der Waals surface area contributed by atoms with Crippen molar-refractivity contribution in [1.29, 1.82) is 0 Å². The predicted octanol–water partition coefficient (Wildman–Crippen LogP) is 0.992. The van der Waals surface area contributed by atoms with Gasteiger partial charge in [0.25, 0.3) is 11.8 Å². The largest absolute Gasteiger partial charge is 0.477 e. The molecule has 4 rings (SSSR count). The highest BCUT2D eigenvalue weighted by molar-refractivity contribution is 8.01. The van der Waals surface area contributed by atoms with E-state index in [-0.39, 0.29) is 22.3 Å². The number of anilines is 1. The first-order valence-electron chi connectivity index (χ1n) is 12.0. The van der Waals surface area contributed by atoms with Crippen LogP contribution in [0.25, 0.3) is 0 Å². The lowest BCUT2D eigenvalue weighted by Crippen LogP contribution is -2.70. The number of aromatic nitrogens is 5. The van der Waals surface area contributed by atoms with Crippen LogP contribution in [0.1, 0.15) is 39.0 Å². The number of carbonyl (C=O) groups is 4. The van der Waals surface area contributed by atoms with Crippen molar-refractivity contribution in [3.63, 3.8) is 0 Å². The van der Waals surface area contributed by atoms with Gasteiger partial charge in [-0.1, -0.05) is 18.7 Å². The zero-order valence-corrected chi connectivity index (χ0v) is 24.7. The van der Waals surface area contributed by atoms with Gasteiger partial charge in [0.15, 0.2) is 11.2 Å². The molecule has 3 N–H and O–H groups in total. The Balaban J connectivity index is 1.39. The Morgan fingerprint density at radius 1 is 1.38 bits per heavy atom. The van der Waals surface area contributed by atoms with Crippen LogP contribution in [0.4, 0.5) is 9.93 Å². The van der Waals surface area contributed by atoms with Gasteiger partial charge in [-0.2, -0.15) is 0 Å². The van der Waals surface area contributed by atoms with Crippen molar-refractivity contribution >= 4 is 63.9 Å². The van der Waals surface area contributed by atoms with Crippen LogP contribution < -0.4 is 10.2 Å². The first kappa shape index (κ1) is 29.8. The summed E-state index contributed by atoms with van der Waals surface area (Å²) in [5, 5.41) is 35.6. The molecule has 2 aliphatic heterocycles. The lowest BCUT2D eigenvalue weighted by Gasteiger charge is -2.49. The number of tetrazole rings is 1. The molecule has 216 valence electrons. The third kappa shape index (κ3) is 5.93. The van der Waals surface area contributed by atoms with Gasteiger partial charge in [0.2, 0.25) is 5.16 Å². The third-order valence-corrected chi connectivity index (χ3v) is 9.69. The summed E-state index contributed by atoms with van der Waals surface area (Å²) in [4.78, 5) is 56.8. The van der Waals surface area contributed by atoms with E-state index in [1.165, 1.54) is 45.5 Å². The maximum absolute atomic E-state index is 12.9. The SMILES string of the molecule is CCC(C)(C)OC(=O)N(C)c1nc(C(O)C(=O)NC2C(=O)N3C(C(=O)O)=C(CSc4nnnn4C)CS[C@@H]23)cs1. The fraction of sp³-hybridized carbons (Fsp3) is 0.545. The van der Waals surface area contributed by atoms with Crippen LogP contribution in [0, 0.1) is 0 Å². The van der Waals surface area contributed by atoms with Crippen molar-refractivity contribution < 1.29 is 34.1 Å². The number of nitrogens with one attached hydrogen (secondary N) is 1. The van der Waals surface area contributed by atoms with E-state index in [1.807, 2.05) is 6.92 Å². The fourth-order valence-corrected chi connectivity index (χ4v) is 6.80. The molecule has 1 saturated heterocycles. The molecule has 0 saturated carbocycles. The molecule has 15 nitrogen and oxygen atoms in total. The number of hydrogen-bond donors (Lipinski definition) is 3. The van der Waals surface area contributed by atoms with Crippen LogP contribution in [0.5, 0.6) is 0 Å². The molecule has 2 aromatic rings. The minimum absolute atomic E-state index is 0.00414. The van der Waals surface area contributed by atoms with E-state index in [9.17, 15) is 29.4 Å². The quantitative estimate of drug-likeness (QED) is 0.254. The molecule has 3 amide bonds. The number of carboxylic acids is 1. The van der Waals surface area contributed by atoms with E-state index in [2.05, 4.69) is 25.8 Å². The number of aliphatic carboxylic acids is 1. The number of aliphatic hydroxyl groups excluding tert-OH is 1. The summed E-state index contributed by atoms with van der Waals surface area (Å²) in [5.74, 6) is -2.15. The number of nitrogens with zero attached hydrogens (tertiary/aromatic N) is 7. The summed E-state index contributed by atoms with van der Waals surface area (Å²) in [7, 11) is 3.13. The number of rotatable bonds is 10. The molecule has 3 atom stereocenters. The molecule has 2 unspecified atom stereocenters. The number of β-lactam (4-membered cyclic amide) rings is 1. The minimum atomic E-state index is -1.71. The van der Waals surface area contributed by atoms with E-state index in [1.54, 1.807) is 20.9 Å². The topological polar surface area (TPSA) is 193 Å². The summed E-state index contributed by atoms with van der Waals surface area (Å²) < 4.78 is 6.90. The number of aliphatic hydroxyl groups is 1. The molecule has 0 aromatic carbocycles. The maximum atomic E-state index is 12.9. The van der Waals surface area contributed by atoms with E-state index < -0.39 is 47.0 Å². The lowest BCUT2D eigenvalue weighted by atomic mass is 10.0. The predicted molar refractivity (Wildman–Crippen MR) is 146 cm³/mol. The number of fused-ring (bicyclic) bond motifs is 1. The van der Waals surface area contributed by atoms with E-state index >= 15 is 0 Å². The standard InChI is InChI=1S/C22H28N8O7S3/c1-6-22(2,3)37-21(36)28(4)19-23-11(9-40-19)14(31)15(32)24-12-16(33)30-13(18(34)35)10(7-38-17(12)30)8-39-20-25-26-27-29(20)5/h9,12,14,17,31H,6-8H2,1-5H3,(H,24,32)(H,34,35)/t12?,14?,17-/m0/s1. The van der Waals surface area contributed by atoms with Crippen molar-refractivity contribution in [2.75, 3.05) is 23.5 Å². The van der Waals surface area contributed by atoms with Crippen molar-refractivity contribution in [2.45, 2.75) is 55.5 Å². The summed E-state index contributed by atoms with van der Waals surface area (Å²) in [6.45, 7) is 5.44. The fourth-order valence-electron chi connectivity index (χ4n) is 3.67. The van der Waals surface area contributed by atoms with Crippen LogP contribution in [0.2, 0.25) is 0 Å². The zero-order chi connectivity index (χ0) is 29.4. The van der Waals surface area contributed by atoms with Gasteiger partial charge in [-0.15, -0.1) is 28.2 Å². The average Bonchev–Trinajstić information content (AvgIpc) is 3.57. The second-order valence-electron chi connectivity index (χ2n) is 9.52. The van der Waals surface area contributed by atoms with Gasteiger partial charge in [-0.3, -0.25) is 19.4 Å². The Hall–Kier alpha value is -3.22. The average molecular weight is 613 g/mol. The number of carbonyl (C=O) groups excluding carboxylic acids is 3. The van der Waals surface area contributed by atoms with Crippen LogP contribution in [-0.4, -0.2) is 99.8 Å². The summed E-state index contributed by atoms with van der Waals surface area (Å²) in [6, 6.07) is -1.02. The van der Waals surface area contributed by atoms with Gasteiger partial charge < -0.3 is 20.3 Å². The molecule has 0 radical (unpaired) electrons. The van der Waals surface area contributed by atoms with Gasteiger partial charge >= 0.3 is 12.1 Å². The van der Waals surface area contributed by atoms with Gasteiger partial charge in [-0.25, -0.2) is 19.3 Å². The van der Waals surface area contributed by atoms with Crippen LogP contribution in [0.3, 0.4) is 0 Å². The molecular formula is C22H28N8O7S3. The molecule has 0 bridgehead atoms. The second kappa shape index (κ2) is 11.7. The number of thiazole rings is 1. The molecule has 18 heteroatoms. The van der Waals surface area contributed by atoms with E-state index in [0.717, 1.165) is 16.2 Å². The zero-order valence-electron chi connectivity index (χ0n) is 22.2. The molecule has 1 fully saturated rings. The molecular weight excluding hydrogens is 584 g/mol. The monoisotopic (exact) mass is 612 g/mol. The highest BCUT2D eigenvalue weighted by Crippen LogP contribution is 2.41. The minimum Gasteiger partial charge on any atom is -0.477 e. The molecule has 0 aliphatic carbocycles. The number of carboxylic acid groups (broad SMARTS) is 1. The van der Waals surface area contributed by atoms with Crippen LogP contribution >= 0.6 is 34.9 Å². The number of amides is 3. The highest BCUT2D eigenvalue weighted by atomic mass is 32.2. The van der Waals surface area contributed by atoms with Crippen LogP contribution in [-0.2, 0) is 26.2 Å².